The average molecular weight is 254 g/mol. The van der Waals surface area contributed by atoms with Gasteiger partial charge in [0.1, 0.15) is 6.10 Å². The van der Waals surface area contributed by atoms with Crippen LogP contribution in [0.2, 0.25) is 0 Å². The lowest BCUT2D eigenvalue weighted by molar-refractivity contribution is -0.205. The molecule has 0 spiro atoms. The van der Waals surface area contributed by atoms with Gasteiger partial charge in [0.25, 0.3) is 0 Å². The second-order valence-corrected chi connectivity index (χ2v) is 4.18. The number of aliphatic carboxylic acids is 1. The van der Waals surface area contributed by atoms with Gasteiger partial charge in [0.15, 0.2) is 0 Å². The number of aliphatic hydroxyl groups excluding tert-OH is 1. The number of aliphatic hydroxyl groups is 1. The van der Waals surface area contributed by atoms with E-state index in [-0.39, 0.29) is 19.3 Å². The Balaban J connectivity index is 4.07. The van der Waals surface area contributed by atoms with Crippen molar-refractivity contribution >= 4 is 5.97 Å². The van der Waals surface area contributed by atoms with E-state index in [4.69, 9.17) is 10.2 Å². The fraction of sp³-hybridized carbons (Fsp3) is 0.727. The van der Waals surface area contributed by atoms with Gasteiger partial charge in [-0.15, -0.1) is 6.58 Å². The third-order valence-electron chi connectivity index (χ3n) is 2.35. The van der Waals surface area contributed by atoms with E-state index in [0.717, 1.165) is 0 Å². The highest BCUT2D eigenvalue weighted by Crippen LogP contribution is 2.25. The zero-order valence-electron chi connectivity index (χ0n) is 9.63. The maximum Gasteiger partial charge on any atom is 0.414 e. The zero-order chi connectivity index (χ0) is 13.6. The highest BCUT2D eigenvalue weighted by Gasteiger charge is 2.37. The number of carboxylic acid groups (broad SMARTS) is 1. The van der Waals surface area contributed by atoms with Crippen molar-refractivity contribution in [2.75, 3.05) is 0 Å². The smallest absolute Gasteiger partial charge is 0.414 e. The predicted molar refractivity (Wildman–Crippen MR) is 56.5 cm³/mol. The Morgan fingerprint density at radius 1 is 1.35 bits per heavy atom. The summed E-state index contributed by atoms with van der Waals surface area (Å²) in [5, 5.41) is 17.6. The molecule has 3 nitrogen and oxygen atoms in total. The van der Waals surface area contributed by atoms with Crippen LogP contribution in [-0.2, 0) is 4.79 Å². The fourth-order valence-corrected chi connectivity index (χ4v) is 1.45. The summed E-state index contributed by atoms with van der Waals surface area (Å²) < 4.78 is 35.9. The van der Waals surface area contributed by atoms with Crippen molar-refractivity contribution in [3.63, 3.8) is 0 Å². The van der Waals surface area contributed by atoms with Crippen molar-refractivity contribution in [1.29, 1.82) is 0 Å². The van der Waals surface area contributed by atoms with Crippen molar-refractivity contribution in [3.05, 3.63) is 12.2 Å². The van der Waals surface area contributed by atoms with Crippen LogP contribution < -0.4 is 0 Å². The number of allylic oxidation sites excluding steroid dienone is 1. The molecule has 0 radical (unpaired) electrons. The van der Waals surface area contributed by atoms with E-state index in [2.05, 4.69) is 6.58 Å². The van der Waals surface area contributed by atoms with Crippen LogP contribution >= 0.6 is 0 Å². The van der Waals surface area contributed by atoms with Gasteiger partial charge in [-0.1, -0.05) is 5.57 Å². The Labute approximate surface area is 97.9 Å². The molecule has 0 rings (SSSR count). The van der Waals surface area contributed by atoms with Crippen LogP contribution in [0.15, 0.2) is 12.2 Å². The Hall–Kier alpha value is -1.04. The molecule has 0 aromatic heterocycles. The first-order valence-electron chi connectivity index (χ1n) is 5.26. The second-order valence-electron chi connectivity index (χ2n) is 4.18. The molecule has 2 N–H and O–H groups in total. The minimum atomic E-state index is -4.63. The molecule has 0 heterocycles. The quantitative estimate of drug-likeness (QED) is 0.687. The van der Waals surface area contributed by atoms with Crippen molar-refractivity contribution in [1.82, 2.24) is 0 Å². The molecule has 0 aromatic rings. The molecular formula is C11H17F3O3. The third kappa shape index (κ3) is 6.99. The molecule has 0 bridgehead atoms. The lowest BCUT2D eigenvalue weighted by atomic mass is 9.94. The second kappa shape index (κ2) is 6.64. The summed E-state index contributed by atoms with van der Waals surface area (Å²) in [6.45, 7) is 5.23. The van der Waals surface area contributed by atoms with E-state index in [0.29, 0.717) is 5.57 Å². The third-order valence-corrected chi connectivity index (χ3v) is 2.35. The highest BCUT2D eigenvalue weighted by molar-refractivity contribution is 5.70. The summed E-state index contributed by atoms with van der Waals surface area (Å²) in [5.41, 5.74) is 0.675. The number of carbonyl (C=O) groups is 1. The topological polar surface area (TPSA) is 57.5 Å². The van der Waals surface area contributed by atoms with Gasteiger partial charge in [0, 0.05) is 0 Å². The van der Waals surface area contributed by atoms with E-state index < -0.39 is 30.6 Å². The molecule has 0 aromatic carbocycles. The lowest BCUT2D eigenvalue weighted by Crippen LogP contribution is -2.28. The molecule has 0 amide bonds. The van der Waals surface area contributed by atoms with Crippen molar-refractivity contribution in [3.8, 4) is 0 Å². The number of hydrogen-bond acceptors (Lipinski definition) is 2. The van der Waals surface area contributed by atoms with Crippen LogP contribution in [0.4, 0.5) is 13.2 Å². The average Bonchev–Trinajstić information content (AvgIpc) is 2.13. The number of rotatable bonds is 7. The first kappa shape index (κ1) is 16.0. The van der Waals surface area contributed by atoms with Crippen LogP contribution in [0.5, 0.6) is 0 Å². The summed E-state index contributed by atoms with van der Waals surface area (Å²) in [7, 11) is 0. The molecule has 1 unspecified atom stereocenters. The molecule has 0 saturated heterocycles. The SMILES string of the molecule is C=C(C)C[C@@H](CCCC(O)C(F)(F)F)C(=O)O. The first-order valence-corrected chi connectivity index (χ1v) is 5.26. The summed E-state index contributed by atoms with van der Waals surface area (Å²) in [4.78, 5) is 10.8. The Morgan fingerprint density at radius 3 is 2.24 bits per heavy atom. The molecule has 2 atom stereocenters. The van der Waals surface area contributed by atoms with Crippen LogP contribution in [0.3, 0.4) is 0 Å². The standard InChI is InChI=1S/C11H17F3O3/c1-7(2)6-8(10(16)17)4-3-5-9(15)11(12,13)14/h8-9,15H,1,3-6H2,2H3,(H,16,17)/t8-,9?/m1/s1. The van der Waals surface area contributed by atoms with Crippen LogP contribution in [0, 0.1) is 5.92 Å². The van der Waals surface area contributed by atoms with Crippen LogP contribution in [-0.4, -0.2) is 28.5 Å². The van der Waals surface area contributed by atoms with Gasteiger partial charge in [-0.3, -0.25) is 4.79 Å². The highest BCUT2D eigenvalue weighted by atomic mass is 19.4. The van der Waals surface area contributed by atoms with E-state index in [1.54, 1.807) is 6.92 Å². The number of carboxylic acids is 1. The summed E-state index contributed by atoms with van der Waals surface area (Å²) in [6.07, 6.45) is -7.10. The number of alkyl halides is 3. The Morgan fingerprint density at radius 2 is 1.88 bits per heavy atom. The molecule has 0 fully saturated rings. The number of hydrogen-bond donors (Lipinski definition) is 2. The normalized spacial score (nSPS) is 15.4. The van der Waals surface area contributed by atoms with Crippen molar-refractivity contribution < 1.29 is 28.2 Å². The molecule has 17 heavy (non-hydrogen) atoms. The largest absolute Gasteiger partial charge is 0.481 e. The van der Waals surface area contributed by atoms with Gasteiger partial charge in [-0.2, -0.15) is 13.2 Å². The lowest BCUT2D eigenvalue weighted by Gasteiger charge is -2.16. The molecule has 0 aliphatic heterocycles. The predicted octanol–water partition coefficient (Wildman–Crippen LogP) is 2.75. The monoisotopic (exact) mass is 254 g/mol. The molecule has 100 valence electrons. The minimum Gasteiger partial charge on any atom is -0.481 e. The van der Waals surface area contributed by atoms with E-state index in [9.17, 15) is 18.0 Å². The molecular weight excluding hydrogens is 237 g/mol. The minimum absolute atomic E-state index is 0.0188. The number of halogens is 3. The van der Waals surface area contributed by atoms with Gasteiger partial charge in [-0.05, 0) is 32.6 Å². The van der Waals surface area contributed by atoms with Gasteiger partial charge >= 0.3 is 12.1 Å². The first-order chi connectivity index (χ1) is 7.64. The summed E-state index contributed by atoms with van der Waals surface area (Å²) in [5.74, 6) is -1.78. The Bertz CT molecular complexity index is 274. The van der Waals surface area contributed by atoms with Gasteiger partial charge < -0.3 is 10.2 Å². The van der Waals surface area contributed by atoms with Gasteiger partial charge in [-0.25, -0.2) is 0 Å². The molecule has 0 aliphatic rings. The van der Waals surface area contributed by atoms with E-state index in [1.807, 2.05) is 0 Å². The maximum absolute atomic E-state index is 12.0. The van der Waals surface area contributed by atoms with Gasteiger partial charge in [0.05, 0.1) is 5.92 Å². The van der Waals surface area contributed by atoms with Crippen molar-refractivity contribution in [2.45, 2.75) is 44.9 Å². The van der Waals surface area contributed by atoms with Gasteiger partial charge in [0.2, 0.25) is 0 Å². The molecule has 6 heteroatoms. The van der Waals surface area contributed by atoms with Crippen LogP contribution in [0.1, 0.15) is 32.6 Å². The van der Waals surface area contributed by atoms with E-state index in [1.165, 1.54) is 0 Å². The maximum atomic E-state index is 12.0. The molecule has 0 saturated carbocycles. The zero-order valence-corrected chi connectivity index (χ0v) is 9.63. The van der Waals surface area contributed by atoms with E-state index >= 15 is 0 Å². The summed E-state index contributed by atoms with van der Waals surface area (Å²) >= 11 is 0. The molecule has 0 aliphatic carbocycles. The van der Waals surface area contributed by atoms with Crippen molar-refractivity contribution in [2.24, 2.45) is 5.92 Å². The Kier molecular flexibility index (Phi) is 6.23. The summed E-state index contributed by atoms with van der Waals surface area (Å²) in [6, 6.07) is 0. The fourth-order valence-electron chi connectivity index (χ4n) is 1.45. The van der Waals surface area contributed by atoms with Crippen LogP contribution in [0.25, 0.3) is 0 Å².